The van der Waals surface area contributed by atoms with Crippen molar-refractivity contribution in [3.05, 3.63) is 34.9 Å². The van der Waals surface area contributed by atoms with Gasteiger partial charge in [0.2, 0.25) is 0 Å². The average Bonchev–Trinajstić information content (AvgIpc) is 3.04. The summed E-state index contributed by atoms with van der Waals surface area (Å²) in [5.41, 5.74) is 0.439. The van der Waals surface area contributed by atoms with Crippen LogP contribution in [0, 0.1) is 17.8 Å². The molecule has 0 aliphatic heterocycles. The molecule has 0 aliphatic carbocycles. The van der Waals surface area contributed by atoms with Crippen LogP contribution in [-0.2, 0) is 14.2 Å². The van der Waals surface area contributed by atoms with E-state index in [0.29, 0.717) is 13.2 Å². The molecular formula is C42H72O6. The topological polar surface area (TPSA) is 78.9 Å². The largest absolute Gasteiger partial charge is 0.462 e. The lowest BCUT2D eigenvalue weighted by atomic mass is 10.0. The zero-order valence-electron chi connectivity index (χ0n) is 31.9. The molecule has 0 spiro atoms. The molecule has 0 radical (unpaired) electrons. The number of ether oxygens (including phenoxy) is 3. The molecule has 6 heteroatoms. The van der Waals surface area contributed by atoms with Gasteiger partial charge in [-0.25, -0.2) is 14.4 Å². The summed E-state index contributed by atoms with van der Waals surface area (Å²) in [5, 5.41) is 0. The third-order valence-electron chi connectivity index (χ3n) is 8.92. The third kappa shape index (κ3) is 23.1. The Morgan fingerprint density at radius 1 is 0.417 bits per heavy atom. The van der Waals surface area contributed by atoms with Crippen LogP contribution in [0.3, 0.4) is 0 Å². The van der Waals surface area contributed by atoms with Crippen molar-refractivity contribution in [3.63, 3.8) is 0 Å². The molecule has 0 fully saturated rings. The van der Waals surface area contributed by atoms with Gasteiger partial charge in [-0.2, -0.15) is 0 Å². The maximum Gasteiger partial charge on any atom is 0.339 e. The molecule has 0 aliphatic rings. The molecule has 0 atom stereocenters. The summed E-state index contributed by atoms with van der Waals surface area (Å²) in [6.07, 6.45) is 23.7. The Labute approximate surface area is 294 Å². The number of carbonyl (C=O) groups is 3. The Morgan fingerprint density at radius 2 is 0.729 bits per heavy atom. The highest BCUT2D eigenvalue weighted by molar-refractivity contribution is 6.05. The molecule has 0 saturated carbocycles. The molecule has 0 heterocycles. The fraction of sp³-hybridized carbons (Fsp3) is 0.786. The molecular weight excluding hydrogens is 600 g/mol. The van der Waals surface area contributed by atoms with Crippen LogP contribution < -0.4 is 0 Å². The Bertz CT molecular complexity index is 982. The van der Waals surface area contributed by atoms with Gasteiger partial charge in [-0.05, 0) is 55.2 Å². The fourth-order valence-corrected chi connectivity index (χ4v) is 5.84. The predicted octanol–water partition coefficient (Wildman–Crippen LogP) is 12.3. The zero-order valence-corrected chi connectivity index (χ0v) is 31.9. The van der Waals surface area contributed by atoms with E-state index >= 15 is 0 Å². The van der Waals surface area contributed by atoms with Crippen molar-refractivity contribution >= 4 is 17.9 Å². The van der Waals surface area contributed by atoms with Crippen LogP contribution in [0.1, 0.15) is 207 Å². The van der Waals surface area contributed by atoms with Gasteiger partial charge >= 0.3 is 17.9 Å². The lowest BCUT2D eigenvalue weighted by Gasteiger charge is -2.12. The summed E-state index contributed by atoms with van der Waals surface area (Å²) in [5.74, 6) is 0.604. The first-order valence-corrected chi connectivity index (χ1v) is 19.8. The average molecular weight is 673 g/mol. The first-order chi connectivity index (χ1) is 23.1. The molecule has 0 aromatic heterocycles. The zero-order chi connectivity index (χ0) is 35.4. The molecule has 276 valence electrons. The maximum absolute atomic E-state index is 13.2. The first kappa shape index (κ1) is 43.7. The van der Waals surface area contributed by atoms with E-state index in [0.717, 1.165) is 75.5 Å². The molecule has 1 aromatic carbocycles. The van der Waals surface area contributed by atoms with Gasteiger partial charge in [0, 0.05) is 0 Å². The summed E-state index contributed by atoms with van der Waals surface area (Å²) in [7, 11) is 0. The highest BCUT2D eigenvalue weighted by atomic mass is 16.5. The van der Waals surface area contributed by atoms with Gasteiger partial charge in [0.1, 0.15) is 0 Å². The minimum absolute atomic E-state index is 0.0645. The standard InChI is InChI=1S/C42H72O6/c1-34(2)25-19-13-7-10-16-22-30-46-40(43)37-28-29-38(41(44)47-31-23-17-11-8-14-20-26-35(3)4)39(33-37)42(45)48-32-24-18-12-9-15-21-27-36(5)6/h28-29,33-36H,7-27,30-32H2,1-6H3. The normalized spacial score (nSPS) is 11.4. The molecule has 0 unspecified atom stereocenters. The van der Waals surface area contributed by atoms with Gasteiger partial charge in [0.25, 0.3) is 0 Å². The van der Waals surface area contributed by atoms with Crippen LogP contribution in [0.2, 0.25) is 0 Å². The molecule has 1 aromatic rings. The summed E-state index contributed by atoms with van der Waals surface area (Å²) in [6.45, 7) is 14.5. The predicted molar refractivity (Wildman–Crippen MR) is 199 cm³/mol. The SMILES string of the molecule is CC(C)CCCCCCCCOC(=O)c1ccc(C(=O)OCCCCCCCCC(C)C)c(C(=O)OCCCCCCCCC(C)C)c1. The molecule has 0 bridgehead atoms. The Morgan fingerprint density at radius 3 is 1.10 bits per heavy atom. The van der Waals surface area contributed by atoms with Crippen molar-refractivity contribution < 1.29 is 28.6 Å². The van der Waals surface area contributed by atoms with E-state index in [1.54, 1.807) is 6.07 Å². The van der Waals surface area contributed by atoms with Crippen LogP contribution in [0.5, 0.6) is 0 Å². The summed E-state index contributed by atoms with van der Waals surface area (Å²) < 4.78 is 16.7. The van der Waals surface area contributed by atoms with Crippen LogP contribution in [0.15, 0.2) is 18.2 Å². The minimum atomic E-state index is -0.604. The highest BCUT2D eigenvalue weighted by Crippen LogP contribution is 2.19. The van der Waals surface area contributed by atoms with E-state index in [2.05, 4.69) is 41.5 Å². The highest BCUT2D eigenvalue weighted by Gasteiger charge is 2.22. The molecule has 0 amide bonds. The molecule has 48 heavy (non-hydrogen) atoms. The second kappa shape index (κ2) is 28.5. The van der Waals surface area contributed by atoms with Gasteiger partial charge in [0.15, 0.2) is 0 Å². The first-order valence-electron chi connectivity index (χ1n) is 19.8. The number of carbonyl (C=O) groups excluding carboxylic acids is 3. The lowest BCUT2D eigenvalue weighted by molar-refractivity contribution is 0.0447. The third-order valence-corrected chi connectivity index (χ3v) is 8.92. The van der Waals surface area contributed by atoms with E-state index in [4.69, 9.17) is 14.2 Å². The number of benzene rings is 1. The smallest absolute Gasteiger partial charge is 0.339 e. The van der Waals surface area contributed by atoms with Crippen molar-refractivity contribution in [2.24, 2.45) is 17.8 Å². The van der Waals surface area contributed by atoms with Crippen molar-refractivity contribution in [2.45, 2.75) is 176 Å². The van der Waals surface area contributed by atoms with Crippen LogP contribution >= 0.6 is 0 Å². The molecule has 0 saturated heterocycles. The Balaban J connectivity index is 2.62. The van der Waals surface area contributed by atoms with Gasteiger partial charge in [-0.3, -0.25) is 0 Å². The molecule has 1 rings (SSSR count). The second-order valence-electron chi connectivity index (χ2n) is 15.1. The number of esters is 3. The monoisotopic (exact) mass is 673 g/mol. The lowest BCUT2D eigenvalue weighted by Crippen LogP contribution is -2.17. The number of unbranched alkanes of at least 4 members (excludes halogenated alkanes) is 15. The van der Waals surface area contributed by atoms with Crippen molar-refractivity contribution in [2.75, 3.05) is 19.8 Å². The van der Waals surface area contributed by atoms with Crippen LogP contribution in [-0.4, -0.2) is 37.7 Å². The van der Waals surface area contributed by atoms with Gasteiger partial charge in [-0.1, -0.05) is 157 Å². The molecule has 6 nitrogen and oxygen atoms in total. The van der Waals surface area contributed by atoms with E-state index in [1.165, 1.54) is 89.2 Å². The van der Waals surface area contributed by atoms with Crippen molar-refractivity contribution in [1.82, 2.24) is 0 Å². The van der Waals surface area contributed by atoms with E-state index in [-0.39, 0.29) is 23.3 Å². The van der Waals surface area contributed by atoms with Crippen molar-refractivity contribution in [3.8, 4) is 0 Å². The summed E-state index contributed by atoms with van der Waals surface area (Å²) in [4.78, 5) is 39.1. The van der Waals surface area contributed by atoms with Crippen LogP contribution in [0.25, 0.3) is 0 Å². The number of rotatable bonds is 30. The van der Waals surface area contributed by atoms with Gasteiger partial charge in [-0.15, -0.1) is 0 Å². The maximum atomic E-state index is 13.2. The number of hydrogen-bond donors (Lipinski definition) is 0. The summed E-state index contributed by atoms with van der Waals surface area (Å²) >= 11 is 0. The van der Waals surface area contributed by atoms with Gasteiger partial charge < -0.3 is 14.2 Å². The van der Waals surface area contributed by atoms with E-state index < -0.39 is 17.9 Å². The minimum Gasteiger partial charge on any atom is -0.462 e. The fourth-order valence-electron chi connectivity index (χ4n) is 5.84. The Kier molecular flexibility index (Phi) is 25.9. The molecule has 0 N–H and O–H groups in total. The Hall–Kier alpha value is -2.37. The van der Waals surface area contributed by atoms with Crippen LogP contribution in [0.4, 0.5) is 0 Å². The van der Waals surface area contributed by atoms with Crippen molar-refractivity contribution in [1.29, 1.82) is 0 Å². The van der Waals surface area contributed by atoms with E-state index in [9.17, 15) is 14.4 Å². The second-order valence-corrected chi connectivity index (χ2v) is 15.1. The van der Waals surface area contributed by atoms with E-state index in [1.807, 2.05) is 0 Å². The summed E-state index contributed by atoms with van der Waals surface area (Å²) in [6, 6.07) is 4.47. The van der Waals surface area contributed by atoms with Gasteiger partial charge in [0.05, 0.1) is 36.5 Å². The quantitative estimate of drug-likeness (QED) is 0.0460. The number of hydrogen-bond acceptors (Lipinski definition) is 6.